The summed E-state index contributed by atoms with van der Waals surface area (Å²) < 4.78 is 59.2. The van der Waals surface area contributed by atoms with E-state index < -0.39 is 26.7 Å². The predicted molar refractivity (Wildman–Crippen MR) is 215 cm³/mol. The minimum atomic E-state index is -2.13. The van der Waals surface area contributed by atoms with Crippen molar-refractivity contribution in [3.05, 3.63) is 138 Å². The van der Waals surface area contributed by atoms with Gasteiger partial charge in [0.1, 0.15) is 11.4 Å². The van der Waals surface area contributed by atoms with E-state index in [-0.39, 0.29) is 37.4 Å². The van der Waals surface area contributed by atoms with E-state index in [0.29, 0.717) is 0 Å². The Hall–Kier alpha value is -4.22. The van der Waals surface area contributed by atoms with Crippen LogP contribution in [0.15, 0.2) is 108 Å². The minimum absolute atomic E-state index is 0. The van der Waals surface area contributed by atoms with Gasteiger partial charge in [0.2, 0.25) is 0 Å². The monoisotopic (exact) mass is 888 g/mol. The van der Waals surface area contributed by atoms with E-state index in [0.717, 1.165) is 66.7 Å². The van der Waals surface area contributed by atoms with Crippen molar-refractivity contribution >= 4 is 35.2 Å². The first kappa shape index (κ1) is 32.4. The van der Waals surface area contributed by atoms with Gasteiger partial charge in [0.05, 0.1) is 13.7 Å². The predicted octanol–water partition coefficient (Wildman–Crippen LogP) is 12.5. The van der Waals surface area contributed by atoms with Gasteiger partial charge in [-0.1, -0.05) is 120 Å². The molecule has 4 aromatic carbocycles. The van der Waals surface area contributed by atoms with Crippen LogP contribution in [0.3, 0.4) is 0 Å². The van der Waals surface area contributed by atoms with Crippen molar-refractivity contribution in [2.75, 3.05) is 0 Å². The number of hydrogen-bond donors (Lipinski definition) is 0. The Kier molecular flexibility index (Phi) is 10.1. The SMILES string of the molecule is [2H]C(C)(C)c1ccnc(-c2[c-]ccc3c2oc2cc(-c4ccc(F)cc4)ccc23)c1.[2H]C([2H])([2H])c1c[c-]c(-c2cc(C([2H])(C)C(C)C)c([Si](C)(C)C)cn2)cc1.[Ir]. The number of aryl methyl sites for hydroxylation is 1. The molecule has 3 heterocycles. The van der Waals surface area contributed by atoms with Gasteiger partial charge in [0.15, 0.2) is 0 Å². The smallest absolute Gasteiger partial charge is 0.123 e. The number of halogens is 1. The first-order chi connectivity index (χ1) is 26.1. The second kappa shape index (κ2) is 16.2. The van der Waals surface area contributed by atoms with Crippen molar-refractivity contribution in [1.29, 1.82) is 0 Å². The summed E-state index contributed by atoms with van der Waals surface area (Å²) in [6, 6.07) is 33.3. The molecule has 0 aliphatic rings. The van der Waals surface area contributed by atoms with Crippen LogP contribution < -0.4 is 5.19 Å². The quantitative estimate of drug-likeness (QED) is 0.118. The van der Waals surface area contributed by atoms with Crippen LogP contribution in [0.4, 0.5) is 4.39 Å². The van der Waals surface area contributed by atoms with E-state index in [1.54, 1.807) is 30.5 Å². The molecule has 0 saturated carbocycles. The van der Waals surface area contributed by atoms with Crippen LogP contribution in [-0.4, -0.2) is 18.0 Å². The largest absolute Gasteiger partial charge is 0.501 e. The zero-order valence-electron chi connectivity index (χ0n) is 35.9. The van der Waals surface area contributed by atoms with E-state index in [1.807, 2.05) is 75.5 Å². The molecule has 0 bridgehead atoms. The van der Waals surface area contributed by atoms with Crippen LogP contribution in [0.25, 0.3) is 55.6 Å². The molecule has 1 radical (unpaired) electrons. The molecular weight excluding hydrogens is 836 g/mol. The standard InChI is InChI=1S/C26H19FNO.C20H28NSi.Ir/c1-16(2)18-12-13-28-24(14-18)23-5-3-4-22-21-11-8-19(15-25(21)29-26(22)23)17-6-9-20(27)10-7-17;1-14(2)16(4)18-12-19(17-10-8-15(3)9-11-17)21-13-20(18)22(5,6)7;/h3-4,6-16H,1-2H3;8-10,12-14,16H,1-7H3;/q2*-1;/i16D;3D3,16D;. The second-order valence-corrected chi connectivity index (χ2v) is 19.6. The van der Waals surface area contributed by atoms with Gasteiger partial charge in [0, 0.05) is 44.7 Å². The first-order valence-corrected chi connectivity index (χ1v) is 20.8. The van der Waals surface area contributed by atoms with Gasteiger partial charge in [-0.3, -0.25) is 0 Å². The molecule has 0 N–H and O–H groups in total. The number of aromatic nitrogens is 2. The van der Waals surface area contributed by atoms with Crippen LogP contribution in [0.1, 0.15) is 70.0 Å². The van der Waals surface area contributed by atoms with Crippen LogP contribution in [0.2, 0.25) is 19.6 Å². The molecule has 0 aliphatic heterocycles. The maximum absolute atomic E-state index is 13.3. The summed E-state index contributed by atoms with van der Waals surface area (Å²) >= 11 is 0. The third kappa shape index (κ3) is 8.52. The Morgan fingerprint density at radius 2 is 1.56 bits per heavy atom. The molecule has 6 heteroatoms. The van der Waals surface area contributed by atoms with Crippen molar-refractivity contribution in [1.82, 2.24) is 9.97 Å². The molecule has 0 aliphatic carbocycles. The van der Waals surface area contributed by atoms with Crippen molar-refractivity contribution in [2.24, 2.45) is 5.92 Å². The fourth-order valence-corrected chi connectivity index (χ4v) is 7.58. The van der Waals surface area contributed by atoms with Gasteiger partial charge in [0.25, 0.3) is 0 Å². The van der Waals surface area contributed by atoms with Gasteiger partial charge < -0.3 is 14.4 Å². The zero-order valence-corrected chi connectivity index (χ0v) is 34.3. The Labute approximate surface area is 330 Å². The van der Waals surface area contributed by atoms with E-state index in [2.05, 4.69) is 55.6 Å². The summed E-state index contributed by atoms with van der Waals surface area (Å²) in [6.07, 6.45) is 3.64. The van der Waals surface area contributed by atoms with Crippen LogP contribution in [0.5, 0.6) is 0 Å². The molecule has 3 nitrogen and oxygen atoms in total. The van der Waals surface area contributed by atoms with Crippen molar-refractivity contribution in [3.63, 3.8) is 0 Å². The topological polar surface area (TPSA) is 38.9 Å². The molecule has 3 aromatic heterocycles. The van der Waals surface area contributed by atoms with Crippen molar-refractivity contribution in [2.45, 2.75) is 72.9 Å². The van der Waals surface area contributed by atoms with E-state index in [4.69, 9.17) is 11.3 Å². The number of furan rings is 1. The van der Waals surface area contributed by atoms with Gasteiger partial charge in [-0.15, -0.1) is 53.6 Å². The molecule has 0 amide bonds. The Balaban J connectivity index is 0.000000217. The molecule has 7 aromatic rings. The average molecular weight is 888 g/mol. The normalized spacial score (nSPS) is 14.6. The number of rotatable bonds is 7. The number of pyridine rings is 2. The summed E-state index contributed by atoms with van der Waals surface area (Å²) in [6.45, 7) is 14.5. The number of hydrogen-bond acceptors (Lipinski definition) is 3. The summed E-state index contributed by atoms with van der Waals surface area (Å²) in [5.41, 5.74) is 8.53. The van der Waals surface area contributed by atoms with Crippen molar-refractivity contribution in [3.8, 4) is 33.6 Å². The number of benzene rings is 4. The Morgan fingerprint density at radius 1 is 0.808 bits per heavy atom. The van der Waals surface area contributed by atoms with E-state index >= 15 is 0 Å². The van der Waals surface area contributed by atoms with Gasteiger partial charge >= 0.3 is 0 Å². The number of fused-ring (bicyclic) bond motifs is 3. The molecule has 1 unspecified atom stereocenters. The molecular formula is C46H47FIrN2OSi-2. The molecule has 269 valence electrons. The maximum Gasteiger partial charge on any atom is 0.123 e. The van der Waals surface area contributed by atoms with Crippen LogP contribution >= 0.6 is 0 Å². The molecule has 1 atom stereocenters. The Morgan fingerprint density at radius 3 is 2.21 bits per heavy atom. The third-order valence-electron chi connectivity index (χ3n) is 9.30. The first-order valence-electron chi connectivity index (χ1n) is 19.8. The third-order valence-corrected chi connectivity index (χ3v) is 11.3. The van der Waals surface area contributed by atoms with Crippen LogP contribution in [-0.2, 0) is 20.1 Å². The number of nitrogens with zero attached hydrogens (tertiary/aromatic N) is 2. The zero-order chi connectivity index (χ0) is 40.8. The van der Waals surface area contributed by atoms with Gasteiger partial charge in [-0.25, -0.2) is 4.39 Å². The molecule has 0 fully saturated rings. The minimum Gasteiger partial charge on any atom is -0.501 e. The molecule has 0 spiro atoms. The summed E-state index contributed by atoms with van der Waals surface area (Å²) in [7, 11) is -1.66. The van der Waals surface area contributed by atoms with Gasteiger partial charge in [-0.2, -0.15) is 0 Å². The molecule has 0 saturated heterocycles. The van der Waals surface area contributed by atoms with Crippen LogP contribution in [0, 0.1) is 30.7 Å². The average Bonchev–Trinajstić information content (AvgIpc) is 3.52. The van der Waals surface area contributed by atoms with Gasteiger partial charge in [-0.05, 0) is 69.7 Å². The Bertz CT molecular complexity index is 2500. The summed E-state index contributed by atoms with van der Waals surface area (Å²) in [5, 5.41) is 3.19. The fraction of sp³-hybridized carbons (Fsp3) is 0.261. The van der Waals surface area contributed by atoms with E-state index in [9.17, 15) is 4.39 Å². The maximum atomic E-state index is 13.3. The summed E-state index contributed by atoms with van der Waals surface area (Å²) in [5.74, 6) is -1.53. The second-order valence-electron chi connectivity index (χ2n) is 14.5. The van der Waals surface area contributed by atoms with E-state index in [1.165, 1.54) is 23.4 Å². The molecule has 52 heavy (non-hydrogen) atoms. The fourth-order valence-electron chi connectivity index (χ4n) is 6.05. The van der Waals surface area contributed by atoms with Crippen molar-refractivity contribution < 1.29 is 35.8 Å². The summed E-state index contributed by atoms with van der Waals surface area (Å²) in [4.78, 5) is 9.13. The molecule has 7 rings (SSSR count).